The van der Waals surface area contributed by atoms with E-state index in [9.17, 15) is 0 Å². The molecular weight excluding hydrogens is 388 g/mol. The number of unbranched alkanes of at least 4 members (excludes halogenated alkanes) is 6. The second-order valence-electron chi connectivity index (χ2n) is 9.43. The van der Waals surface area contributed by atoms with Crippen LogP contribution in [0.25, 0.3) is 11.1 Å². The van der Waals surface area contributed by atoms with E-state index < -0.39 is 0 Å². The van der Waals surface area contributed by atoms with Gasteiger partial charge in [-0.05, 0) is 73.9 Å². The molecule has 32 heavy (non-hydrogen) atoms. The molecule has 0 saturated heterocycles. The van der Waals surface area contributed by atoms with Crippen LogP contribution in [0.2, 0.25) is 0 Å². The first-order valence-electron chi connectivity index (χ1n) is 13.1. The molecule has 172 valence electrons. The highest BCUT2D eigenvalue weighted by molar-refractivity contribution is 5.65. The van der Waals surface area contributed by atoms with Crippen LogP contribution in [0, 0.1) is 23.7 Å². The highest BCUT2D eigenvalue weighted by Gasteiger charge is 2.19. The highest BCUT2D eigenvalue weighted by Crippen LogP contribution is 2.32. The number of hydrogen-bond donors (Lipinski definition) is 0. The fraction of sp³-hybridized carbons (Fsp3) is 0.548. The molecule has 0 unspecified atom stereocenters. The van der Waals surface area contributed by atoms with Crippen molar-refractivity contribution in [1.29, 1.82) is 0 Å². The van der Waals surface area contributed by atoms with Gasteiger partial charge in [0.15, 0.2) is 0 Å². The average molecular weight is 431 g/mol. The topological polar surface area (TPSA) is 9.23 Å². The molecule has 1 saturated carbocycles. The van der Waals surface area contributed by atoms with Gasteiger partial charge in [0.05, 0.1) is 6.61 Å². The summed E-state index contributed by atoms with van der Waals surface area (Å²) in [6, 6.07) is 17.0. The Kier molecular flexibility index (Phi) is 10.7. The number of rotatable bonds is 11. The Labute approximate surface area is 197 Å². The van der Waals surface area contributed by atoms with Crippen LogP contribution in [0.15, 0.2) is 48.5 Å². The van der Waals surface area contributed by atoms with Gasteiger partial charge in [-0.2, -0.15) is 0 Å². The minimum absolute atomic E-state index is 0.589. The number of benzene rings is 2. The number of hydrogen-bond acceptors (Lipinski definition) is 1. The zero-order valence-corrected chi connectivity index (χ0v) is 20.4. The molecule has 0 amide bonds. The lowest BCUT2D eigenvalue weighted by Gasteiger charge is -2.25. The average Bonchev–Trinajstić information content (AvgIpc) is 2.84. The minimum atomic E-state index is 0.589. The van der Waals surface area contributed by atoms with Crippen molar-refractivity contribution in [3.63, 3.8) is 0 Å². The van der Waals surface area contributed by atoms with Crippen LogP contribution >= 0.6 is 0 Å². The van der Waals surface area contributed by atoms with E-state index in [4.69, 9.17) is 4.74 Å². The molecule has 3 rings (SSSR count). The van der Waals surface area contributed by atoms with Gasteiger partial charge in [-0.3, -0.25) is 0 Å². The summed E-state index contributed by atoms with van der Waals surface area (Å²) in [5, 5.41) is 0. The van der Waals surface area contributed by atoms with Crippen molar-refractivity contribution in [2.75, 3.05) is 6.61 Å². The molecule has 0 bridgehead atoms. The molecule has 0 radical (unpaired) electrons. The fourth-order valence-electron chi connectivity index (χ4n) is 4.83. The van der Waals surface area contributed by atoms with E-state index in [2.05, 4.69) is 55.2 Å². The largest absolute Gasteiger partial charge is 0.494 e. The first-order valence-corrected chi connectivity index (χ1v) is 13.1. The molecule has 0 aliphatic heterocycles. The third kappa shape index (κ3) is 8.38. The van der Waals surface area contributed by atoms with Crippen molar-refractivity contribution >= 4 is 0 Å². The van der Waals surface area contributed by atoms with E-state index in [1.54, 1.807) is 0 Å². The molecule has 2 aromatic carbocycles. The Morgan fingerprint density at radius 2 is 1.31 bits per heavy atom. The van der Waals surface area contributed by atoms with Gasteiger partial charge in [0.2, 0.25) is 0 Å². The SMILES string of the molecule is CCCCCCCCC[C@H]1CC[C@H](C#Cc2ccc(-c3ccc(OCC)cc3)cc2)CC1. The maximum atomic E-state index is 5.53. The summed E-state index contributed by atoms with van der Waals surface area (Å²) >= 11 is 0. The monoisotopic (exact) mass is 430 g/mol. The molecule has 1 nitrogen and oxygen atoms in total. The molecule has 1 aliphatic rings. The van der Waals surface area contributed by atoms with Crippen molar-refractivity contribution in [2.45, 2.75) is 90.9 Å². The quantitative estimate of drug-likeness (QED) is 0.255. The molecule has 0 N–H and O–H groups in total. The van der Waals surface area contributed by atoms with Gasteiger partial charge in [0.1, 0.15) is 5.75 Å². The lowest BCUT2D eigenvalue weighted by molar-refractivity contribution is 0.293. The summed E-state index contributed by atoms with van der Waals surface area (Å²) in [7, 11) is 0. The maximum Gasteiger partial charge on any atom is 0.119 e. The minimum Gasteiger partial charge on any atom is -0.494 e. The van der Waals surface area contributed by atoms with E-state index >= 15 is 0 Å². The summed E-state index contributed by atoms with van der Waals surface area (Å²) in [5.74, 6) is 9.48. The van der Waals surface area contributed by atoms with Gasteiger partial charge in [0, 0.05) is 11.5 Å². The third-order valence-electron chi connectivity index (χ3n) is 6.87. The second kappa shape index (κ2) is 14.1. The molecule has 0 spiro atoms. The zero-order chi connectivity index (χ0) is 22.4. The molecule has 1 fully saturated rings. The summed E-state index contributed by atoms with van der Waals surface area (Å²) in [4.78, 5) is 0. The standard InChI is InChI=1S/C31H42O/c1-3-5-6-7-8-9-10-11-26-12-14-27(15-13-26)16-17-28-18-20-29(21-19-28)30-22-24-31(25-23-30)32-4-2/h18-27H,3-15H2,1-2H3/t26-,27-. The van der Waals surface area contributed by atoms with Gasteiger partial charge < -0.3 is 4.74 Å². The van der Waals surface area contributed by atoms with Crippen molar-refractivity contribution in [2.24, 2.45) is 11.8 Å². The van der Waals surface area contributed by atoms with Crippen LogP contribution in [-0.2, 0) is 0 Å². The molecule has 0 heterocycles. The van der Waals surface area contributed by atoms with Gasteiger partial charge >= 0.3 is 0 Å². The van der Waals surface area contributed by atoms with Crippen LogP contribution in [0.4, 0.5) is 0 Å². The Morgan fingerprint density at radius 1 is 0.719 bits per heavy atom. The van der Waals surface area contributed by atoms with Crippen molar-refractivity contribution < 1.29 is 4.74 Å². The number of ether oxygens (including phenoxy) is 1. The summed E-state index contributed by atoms with van der Waals surface area (Å²) in [6.07, 6.45) is 16.7. The van der Waals surface area contributed by atoms with Crippen molar-refractivity contribution in [1.82, 2.24) is 0 Å². The van der Waals surface area contributed by atoms with E-state index in [0.717, 1.165) is 17.2 Å². The Bertz CT molecular complexity index is 814. The Hall–Kier alpha value is -2.20. The van der Waals surface area contributed by atoms with E-state index in [1.165, 1.54) is 88.2 Å². The predicted molar refractivity (Wildman–Crippen MR) is 138 cm³/mol. The summed E-state index contributed by atoms with van der Waals surface area (Å²) < 4.78 is 5.53. The summed E-state index contributed by atoms with van der Waals surface area (Å²) in [6.45, 7) is 5.01. The third-order valence-corrected chi connectivity index (χ3v) is 6.87. The van der Waals surface area contributed by atoms with Gasteiger partial charge in [-0.25, -0.2) is 0 Å². The molecule has 1 aliphatic carbocycles. The molecule has 1 heteroatoms. The predicted octanol–water partition coefficient (Wildman–Crippen LogP) is 9.05. The highest BCUT2D eigenvalue weighted by atomic mass is 16.5. The Morgan fingerprint density at radius 3 is 1.94 bits per heavy atom. The normalized spacial score (nSPS) is 18.1. The van der Waals surface area contributed by atoms with Crippen LogP contribution in [0.1, 0.15) is 96.5 Å². The first-order chi connectivity index (χ1) is 15.8. The second-order valence-corrected chi connectivity index (χ2v) is 9.43. The lowest BCUT2D eigenvalue weighted by Crippen LogP contribution is -2.13. The molecular formula is C31H42O. The maximum absolute atomic E-state index is 5.53. The van der Waals surface area contributed by atoms with Gasteiger partial charge in [0.25, 0.3) is 0 Å². The van der Waals surface area contributed by atoms with Crippen molar-refractivity contribution in [3.05, 3.63) is 54.1 Å². The van der Waals surface area contributed by atoms with Crippen molar-refractivity contribution in [3.8, 4) is 28.7 Å². The lowest BCUT2D eigenvalue weighted by atomic mass is 9.80. The smallest absolute Gasteiger partial charge is 0.119 e. The van der Waals surface area contributed by atoms with Crippen LogP contribution in [0.3, 0.4) is 0 Å². The van der Waals surface area contributed by atoms with Gasteiger partial charge in [-0.1, -0.05) is 94.4 Å². The van der Waals surface area contributed by atoms with Gasteiger partial charge in [-0.15, -0.1) is 0 Å². The van der Waals surface area contributed by atoms with E-state index in [-0.39, 0.29) is 0 Å². The first kappa shape index (κ1) is 24.4. The van der Waals surface area contributed by atoms with Crippen LogP contribution in [0.5, 0.6) is 5.75 Å². The fourth-order valence-corrected chi connectivity index (χ4v) is 4.83. The van der Waals surface area contributed by atoms with Crippen LogP contribution in [-0.4, -0.2) is 6.61 Å². The Balaban J connectivity index is 1.38. The molecule has 0 aromatic heterocycles. The summed E-state index contributed by atoms with van der Waals surface area (Å²) in [5.41, 5.74) is 3.57. The van der Waals surface area contributed by atoms with Crippen LogP contribution < -0.4 is 4.74 Å². The van der Waals surface area contributed by atoms with E-state index in [0.29, 0.717) is 12.5 Å². The molecule has 2 aromatic rings. The van der Waals surface area contributed by atoms with E-state index in [1.807, 2.05) is 19.1 Å². The zero-order valence-electron chi connectivity index (χ0n) is 20.4. The molecule has 0 atom stereocenters.